The Morgan fingerprint density at radius 1 is 0.667 bits per heavy atom. The van der Waals surface area contributed by atoms with Crippen molar-refractivity contribution in [2.24, 2.45) is 0 Å². The molecular formula is C8H20Ta. The van der Waals surface area contributed by atoms with E-state index in [4.69, 9.17) is 0 Å². The summed E-state index contributed by atoms with van der Waals surface area (Å²) in [5.41, 5.74) is 0. The van der Waals surface area contributed by atoms with Gasteiger partial charge >= 0.3 is 63.4 Å². The van der Waals surface area contributed by atoms with Crippen LogP contribution in [0.25, 0.3) is 0 Å². The second kappa shape index (κ2) is 4.54. The van der Waals surface area contributed by atoms with Crippen molar-refractivity contribution in [3.8, 4) is 0 Å². The van der Waals surface area contributed by atoms with Crippen LogP contribution in [0.15, 0.2) is 0 Å². The first-order valence-corrected chi connectivity index (χ1v) is 13.2. The third-order valence-corrected chi connectivity index (χ3v) is 22.0. The minimum absolute atomic E-state index is 1.44. The van der Waals surface area contributed by atoms with E-state index in [0.717, 1.165) is 0 Å². The van der Waals surface area contributed by atoms with Crippen LogP contribution in [0.1, 0.15) is 27.7 Å². The van der Waals surface area contributed by atoms with Gasteiger partial charge in [-0.2, -0.15) is 0 Å². The molecular weight excluding hydrogens is 277 g/mol. The molecule has 0 aromatic rings. The molecule has 0 aromatic heterocycles. The van der Waals surface area contributed by atoms with E-state index in [2.05, 4.69) is 27.7 Å². The van der Waals surface area contributed by atoms with Gasteiger partial charge in [-0.05, 0) is 0 Å². The molecule has 0 nitrogen and oxygen atoms in total. The molecule has 1 heteroatoms. The van der Waals surface area contributed by atoms with Crippen molar-refractivity contribution in [1.82, 2.24) is 0 Å². The molecule has 0 aliphatic rings. The summed E-state index contributed by atoms with van der Waals surface area (Å²) in [5, 5.41) is 0. The van der Waals surface area contributed by atoms with Gasteiger partial charge in [0.25, 0.3) is 0 Å². The molecule has 0 aliphatic heterocycles. The van der Waals surface area contributed by atoms with Gasteiger partial charge in [0.2, 0.25) is 0 Å². The molecule has 0 radical (unpaired) electrons. The van der Waals surface area contributed by atoms with Crippen LogP contribution in [0.3, 0.4) is 0 Å². The van der Waals surface area contributed by atoms with Crippen molar-refractivity contribution in [3.05, 3.63) is 0 Å². The quantitative estimate of drug-likeness (QED) is 0.738. The Kier molecular flexibility index (Phi) is 4.91. The SMILES string of the molecule is C[CH2][Ta]([CH2]C)([CH2]C)[CH2]C. The van der Waals surface area contributed by atoms with Crippen molar-refractivity contribution >= 4 is 0 Å². The van der Waals surface area contributed by atoms with Gasteiger partial charge in [0.05, 0.1) is 0 Å². The van der Waals surface area contributed by atoms with Crippen LogP contribution in [-0.2, 0) is 17.1 Å². The molecule has 0 aromatic carbocycles. The summed E-state index contributed by atoms with van der Waals surface area (Å²) in [5.74, 6) is 0. The summed E-state index contributed by atoms with van der Waals surface area (Å²) in [7, 11) is 0. The van der Waals surface area contributed by atoms with Crippen LogP contribution in [0.4, 0.5) is 0 Å². The first-order valence-electron chi connectivity index (χ1n) is 4.09. The van der Waals surface area contributed by atoms with Gasteiger partial charge in [0.1, 0.15) is 0 Å². The molecule has 0 N–H and O–H groups in total. The van der Waals surface area contributed by atoms with Crippen LogP contribution in [-0.4, -0.2) is 0 Å². The van der Waals surface area contributed by atoms with Crippen LogP contribution < -0.4 is 0 Å². The summed E-state index contributed by atoms with van der Waals surface area (Å²) in [4.78, 5) is 0. The zero-order valence-corrected chi connectivity index (χ0v) is 10.5. The summed E-state index contributed by atoms with van der Waals surface area (Å²) < 4.78 is 6.24. The monoisotopic (exact) mass is 297 g/mol. The van der Waals surface area contributed by atoms with Gasteiger partial charge in [-0.3, -0.25) is 0 Å². The van der Waals surface area contributed by atoms with Gasteiger partial charge in [0.15, 0.2) is 0 Å². The fraction of sp³-hybridized carbons (Fsp3) is 1.00. The molecule has 0 bridgehead atoms. The molecule has 0 rings (SSSR count). The third kappa shape index (κ3) is 2.45. The van der Waals surface area contributed by atoms with E-state index >= 15 is 0 Å². The van der Waals surface area contributed by atoms with Crippen LogP contribution in [0.2, 0.25) is 18.6 Å². The van der Waals surface area contributed by atoms with E-state index in [1.165, 1.54) is 0 Å². The predicted octanol–water partition coefficient (Wildman–Crippen LogP) is 3.89. The van der Waals surface area contributed by atoms with E-state index < -0.39 is 17.1 Å². The maximum absolute atomic E-state index is 2.40. The Morgan fingerprint density at radius 2 is 0.889 bits per heavy atom. The van der Waals surface area contributed by atoms with Crippen LogP contribution >= 0.6 is 0 Å². The van der Waals surface area contributed by atoms with Gasteiger partial charge in [0, 0.05) is 0 Å². The average Bonchev–Trinajstić information content (AvgIpc) is 1.95. The van der Waals surface area contributed by atoms with E-state index in [9.17, 15) is 0 Å². The second-order valence-corrected chi connectivity index (χ2v) is 21.3. The normalized spacial score (nSPS) is 12.0. The standard InChI is InChI=1S/4C2H5.Ta/c4*1-2;/h4*1H2,2H3;. The van der Waals surface area contributed by atoms with Gasteiger partial charge in [-0.1, -0.05) is 0 Å². The van der Waals surface area contributed by atoms with Gasteiger partial charge < -0.3 is 0 Å². The third-order valence-electron chi connectivity index (χ3n) is 2.68. The summed E-state index contributed by atoms with van der Waals surface area (Å²) in [6.45, 7) is 9.59. The molecule has 0 unspecified atom stereocenters. The van der Waals surface area contributed by atoms with E-state index in [-0.39, 0.29) is 0 Å². The van der Waals surface area contributed by atoms with Crippen LogP contribution in [0, 0.1) is 0 Å². The second-order valence-electron chi connectivity index (χ2n) is 2.61. The predicted molar refractivity (Wildman–Crippen MR) is 41.9 cm³/mol. The molecule has 0 saturated carbocycles. The topological polar surface area (TPSA) is 0 Å². The van der Waals surface area contributed by atoms with Crippen molar-refractivity contribution in [3.63, 3.8) is 0 Å². The molecule has 0 saturated heterocycles. The first-order chi connectivity index (χ1) is 4.24. The molecule has 0 aliphatic carbocycles. The summed E-state index contributed by atoms with van der Waals surface area (Å²) >= 11 is -1.44. The molecule has 9 heavy (non-hydrogen) atoms. The van der Waals surface area contributed by atoms with Crippen molar-refractivity contribution < 1.29 is 17.1 Å². The van der Waals surface area contributed by atoms with Crippen molar-refractivity contribution in [2.75, 3.05) is 0 Å². The molecule has 0 heterocycles. The zero-order chi connectivity index (χ0) is 7.33. The maximum atomic E-state index is 2.40. The van der Waals surface area contributed by atoms with Crippen molar-refractivity contribution in [1.29, 1.82) is 0 Å². The molecule has 0 amide bonds. The van der Waals surface area contributed by atoms with Gasteiger partial charge in [-0.15, -0.1) is 0 Å². The van der Waals surface area contributed by atoms with Crippen molar-refractivity contribution in [2.45, 2.75) is 46.2 Å². The number of hydrogen-bond donors (Lipinski definition) is 0. The Hall–Kier alpha value is 0.740. The molecule has 0 fully saturated rings. The molecule has 0 atom stereocenters. The number of rotatable bonds is 4. The number of hydrogen-bond acceptors (Lipinski definition) is 0. The Bertz CT molecular complexity index is 47.5. The van der Waals surface area contributed by atoms with E-state index in [1.54, 1.807) is 18.6 Å². The minimum atomic E-state index is -1.44. The molecule has 57 valence electrons. The Balaban J connectivity index is 3.82. The van der Waals surface area contributed by atoms with Crippen LogP contribution in [0.5, 0.6) is 0 Å². The fourth-order valence-electron chi connectivity index (χ4n) is 1.34. The summed E-state index contributed by atoms with van der Waals surface area (Å²) in [6.07, 6.45) is 0. The average molecular weight is 297 g/mol. The zero-order valence-electron chi connectivity index (χ0n) is 7.28. The van der Waals surface area contributed by atoms with Gasteiger partial charge in [-0.25, -0.2) is 0 Å². The fourth-order valence-corrected chi connectivity index (χ4v) is 11.0. The first kappa shape index (κ1) is 9.74. The Labute approximate surface area is 63.6 Å². The van der Waals surface area contributed by atoms with E-state index in [1.807, 2.05) is 0 Å². The molecule has 0 spiro atoms. The van der Waals surface area contributed by atoms with E-state index in [0.29, 0.717) is 0 Å². The summed E-state index contributed by atoms with van der Waals surface area (Å²) in [6, 6.07) is 0. The Morgan fingerprint density at radius 3 is 0.889 bits per heavy atom.